The first kappa shape index (κ1) is 11.7. The topological polar surface area (TPSA) is 24.9 Å². The molecule has 0 aliphatic rings. The lowest BCUT2D eigenvalue weighted by Crippen LogP contribution is -2.20. The molecule has 1 heterocycles. The summed E-state index contributed by atoms with van der Waals surface area (Å²) < 4.78 is 0. The van der Waals surface area contributed by atoms with Gasteiger partial charge in [0.15, 0.2) is 0 Å². The Morgan fingerprint density at radius 1 is 1.53 bits per heavy atom. The van der Waals surface area contributed by atoms with Gasteiger partial charge in [0.1, 0.15) is 0 Å². The second-order valence-corrected chi connectivity index (χ2v) is 3.47. The zero-order valence-electron chi connectivity index (χ0n) is 9.67. The van der Waals surface area contributed by atoms with E-state index in [0.717, 1.165) is 18.7 Å². The third-order valence-corrected chi connectivity index (χ3v) is 2.26. The standard InChI is InChI=1S/C13H18N2/c1-4-6-7-13(14-5-2)12-8-9-15-11(3)10-12/h8-10,13-14H,5,7H2,1-3H3. The quantitative estimate of drug-likeness (QED) is 0.759. The number of hydrogen-bond donors (Lipinski definition) is 1. The fourth-order valence-corrected chi connectivity index (χ4v) is 1.54. The molecule has 1 aromatic heterocycles. The summed E-state index contributed by atoms with van der Waals surface area (Å²) in [5.74, 6) is 6.05. The van der Waals surface area contributed by atoms with Gasteiger partial charge in [0.25, 0.3) is 0 Å². The van der Waals surface area contributed by atoms with Gasteiger partial charge in [-0.25, -0.2) is 0 Å². The van der Waals surface area contributed by atoms with E-state index in [4.69, 9.17) is 0 Å². The van der Waals surface area contributed by atoms with Gasteiger partial charge in [-0.3, -0.25) is 4.98 Å². The molecule has 0 saturated heterocycles. The Bertz CT molecular complexity index is 360. The first-order valence-corrected chi connectivity index (χ1v) is 5.33. The van der Waals surface area contributed by atoms with Crippen LogP contribution in [0.4, 0.5) is 0 Å². The molecular formula is C13H18N2. The Balaban J connectivity index is 2.81. The SMILES string of the molecule is CC#CCC(NCC)c1ccnc(C)c1. The van der Waals surface area contributed by atoms with Crippen LogP contribution in [0.5, 0.6) is 0 Å². The van der Waals surface area contributed by atoms with Gasteiger partial charge >= 0.3 is 0 Å². The number of pyridine rings is 1. The zero-order valence-corrected chi connectivity index (χ0v) is 9.67. The summed E-state index contributed by atoms with van der Waals surface area (Å²) in [7, 11) is 0. The molecule has 2 heteroatoms. The number of nitrogens with zero attached hydrogens (tertiary/aromatic N) is 1. The van der Waals surface area contributed by atoms with Crippen molar-refractivity contribution in [2.45, 2.75) is 33.2 Å². The predicted octanol–water partition coefficient (Wildman–Crippen LogP) is 2.45. The zero-order chi connectivity index (χ0) is 11.1. The molecule has 0 radical (unpaired) electrons. The van der Waals surface area contributed by atoms with E-state index in [-0.39, 0.29) is 0 Å². The molecule has 2 nitrogen and oxygen atoms in total. The minimum atomic E-state index is 0.323. The first-order valence-electron chi connectivity index (χ1n) is 5.33. The Hall–Kier alpha value is -1.33. The summed E-state index contributed by atoms with van der Waals surface area (Å²) in [6, 6.07) is 4.49. The van der Waals surface area contributed by atoms with Gasteiger partial charge in [-0.2, -0.15) is 0 Å². The van der Waals surface area contributed by atoms with E-state index in [1.807, 2.05) is 20.0 Å². The van der Waals surface area contributed by atoms with E-state index in [1.54, 1.807) is 0 Å². The molecule has 0 aromatic carbocycles. The van der Waals surface area contributed by atoms with E-state index in [0.29, 0.717) is 6.04 Å². The average Bonchev–Trinajstić information content (AvgIpc) is 2.24. The maximum Gasteiger partial charge on any atom is 0.0432 e. The van der Waals surface area contributed by atoms with E-state index in [1.165, 1.54) is 5.56 Å². The molecule has 1 aromatic rings. The molecule has 0 fully saturated rings. The molecular weight excluding hydrogens is 184 g/mol. The van der Waals surface area contributed by atoms with Gasteiger partial charge in [0.2, 0.25) is 0 Å². The summed E-state index contributed by atoms with van der Waals surface area (Å²) in [6.45, 7) is 6.96. The lowest BCUT2D eigenvalue weighted by Gasteiger charge is -2.15. The van der Waals surface area contributed by atoms with Gasteiger partial charge in [0, 0.05) is 24.4 Å². The van der Waals surface area contributed by atoms with Crippen LogP contribution in [0, 0.1) is 18.8 Å². The van der Waals surface area contributed by atoms with Crippen LogP contribution in [0.1, 0.15) is 37.6 Å². The number of hydrogen-bond acceptors (Lipinski definition) is 2. The molecule has 80 valence electrons. The largest absolute Gasteiger partial charge is 0.309 e. The predicted molar refractivity (Wildman–Crippen MR) is 63.5 cm³/mol. The van der Waals surface area contributed by atoms with Gasteiger partial charge in [-0.05, 0) is 38.1 Å². The Kier molecular flexibility index (Phi) is 4.86. The van der Waals surface area contributed by atoms with Crippen LogP contribution >= 0.6 is 0 Å². The Morgan fingerprint density at radius 2 is 2.33 bits per heavy atom. The van der Waals surface area contributed by atoms with Gasteiger partial charge in [-0.15, -0.1) is 11.8 Å². The summed E-state index contributed by atoms with van der Waals surface area (Å²) >= 11 is 0. The van der Waals surface area contributed by atoms with E-state index >= 15 is 0 Å². The van der Waals surface area contributed by atoms with Crippen LogP contribution in [0.3, 0.4) is 0 Å². The number of aromatic nitrogens is 1. The van der Waals surface area contributed by atoms with Crippen LogP contribution in [0.15, 0.2) is 18.3 Å². The molecule has 0 saturated carbocycles. The van der Waals surface area contributed by atoms with Crippen molar-refractivity contribution >= 4 is 0 Å². The Labute approximate surface area is 92.1 Å². The highest BCUT2D eigenvalue weighted by molar-refractivity contribution is 5.21. The van der Waals surface area contributed by atoms with E-state index in [2.05, 4.69) is 41.2 Å². The maximum atomic E-state index is 4.20. The van der Waals surface area contributed by atoms with Crippen molar-refractivity contribution in [2.24, 2.45) is 0 Å². The van der Waals surface area contributed by atoms with Crippen molar-refractivity contribution in [1.29, 1.82) is 0 Å². The van der Waals surface area contributed by atoms with E-state index in [9.17, 15) is 0 Å². The highest BCUT2D eigenvalue weighted by atomic mass is 14.9. The maximum absolute atomic E-state index is 4.20. The third kappa shape index (κ3) is 3.73. The summed E-state index contributed by atoms with van der Waals surface area (Å²) in [4.78, 5) is 4.20. The molecule has 0 spiro atoms. The molecule has 1 unspecified atom stereocenters. The summed E-state index contributed by atoms with van der Waals surface area (Å²) in [6.07, 6.45) is 2.71. The molecule has 0 aliphatic carbocycles. The Morgan fingerprint density at radius 3 is 2.93 bits per heavy atom. The monoisotopic (exact) mass is 202 g/mol. The highest BCUT2D eigenvalue weighted by Gasteiger charge is 2.08. The lowest BCUT2D eigenvalue weighted by molar-refractivity contribution is 0.564. The van der Waals surface area contributed by atoms with Gasteiger partial charge < -0.3 is 5.32 Å². The van der Waals surface area contributed by atoms with Crippen molar-refractivity contribution in [3.8, 4) is 11.8 Å². The molecule has 1 rings (SSSR count). The normalized spacial score (nSPS) is 11.7. The van der Waals surface area contributed by atoms with Crippen molar-refractivity contribution in [3.05, 3.63) is 29.6 Å². The molecule has 0 aliphatic heterocycles. The van der Waals surface area contributed by atoms with Crippen molar-refractivity contribution < 1.29 is 0 Å². The summed E-state index contributed by atoms with van der Waals surface area (Å²) in [5.41, 5.74) is 2.33. The average molecular weight is 202 g/mol. The van der Waals surface area contributed by atoms with Crippen molar-refractivity contribution in [2.75, 3.05) is 6.54 Å². The van der Waals surface area contributed by atoms with Gasteiger partial charge in [-0.1, -0.05) is 6.92 Å². The van der Waals surface area contributed by atoms with Crippen LogP contribution in [-0.4, -0.2) is 11.5 Å². The minimum absolute atomic E-state index is 0.323. The smallest absolute Gasteiger partial charge is 0.0432 e. The molecule has 0 amide bonds. The molecule has 0 bridgehead atoms. The van der Waals surface area contributed by atoms with E-state index < -0.39 is 0 Å². The van der Waals surface area contributed by atoms with Crippen LogP contribution in [0.2, 0.25) is 0 Å². The fraction of sp³-hybridized carbons (Fsp3) is 0.462. The van der Waals surface area contributed by atoms with Crippen molar-refractivity contribution in [3.63, 3.8) is 0 Å². The number of rotatable bonds is 4. The second kappa shape index (κ2) is 6.21. The minimum Gasteiger partial charge on any atom is -0.309 e. The molecule has 1 atom stereocenters. The highest BCUT2D eigenvalue weighted by Crippen LogP contribution is 2.16. The fourth-order valence-electron chi connectivity index (χ4n) is 1.54. The van der Waals surface area contributed by atoms with Gasteiger partial charge in [0.05, 0.1) is 0 Å². The van der Waals surface area contributed by atoms with Crippen LogP contribution in [-0.2, 0) is 0 Å². The second-order valence-electron chi connectivity index (χ2n) is 3.47. The van der Waals surface area contributed by atoms with Crippen molar-refractivity contribution in [1.82, 2.24) is 10.3 Å². The number of nitrogens with one attached hydrogen (secondary N) is 1. The molecule has 1 N–H and O–H groups in total. The number of aryl methyl sites for hydroxylation is 1. The van der Waals surface area contributed by atoms with Crippen LogP contribution in [0.25, 0.3) is 0 Å². The third-order valence-electron chi connectivity index (χ3n) is 2.26. The van der Waals surface area contributed by atoms with Crippen LogP contribution < -0.4 is 5.32 Å². The summed E-state index contributed by atoms with van der Waals surface area (Å²) in [5, 5.41) is 3.43. The first-order chi connectivity index (χ1) is 7.27. The lowest BCUT2D eigenvalue weighted by atomic mass is 10.0. The molecule has 15 heavy (non-hydrogen) atoms.